The number of amidine groups is 1. The van der Waals surface area contributed by atoms with E-state index in [2.05, 4.69) is 44.3 Å². The normalized spacial score (nSPS) is 15.3. The van der Waals surface area contributed by atoms with Crippen molar-refractivity contribution in [1.29, 1.82) is 0 Å². The minimum atomic E-state index is 0.857. The third-order valence-corrected chi connectivity index (χ3v) is 3.47. The van der Waals surface area contributed by atoms with Gasteiger partial charge in [-0.15, -0.1) is 0 Å². The van der Waals surface area contributed by atoms with Crippen molar-refractivity contribution in [3.05, 3.63) is 58.6 Å². The van der Waals surface area contributed by atoms with Crippen LogP contribution in [0.1, 0.15) is 11.1 Å². The van der Waals surface area contributed by atoms with Gasteiger partial charge in [0.1, 0.15) is 5.84 Å². The first kappa shape index (κ1) is 11.2. The minimum Gasteiger partial charge on any atom is -0.369 e. The molecule has 4 heteroatoms. The summed E-state index contributed by atoms with van der Waals surface area (Å²) in [5, 5.41) is 7.51. The van der Waals surface area contributed by atoms with Gasteiger partial charge in [-0.05, 0) is 40.1 Å². The van der Waals surface area contributed by atoms with E-state index in [9.17, 15) is 0 Å². The summed E-state index contributed by atoms with van der Waals surface area (Å²) in [5.74, 6) is 0.958. The van der Waals surface area contributed by atoms with Crippen LogP contribution in [0.25, 0.3) is 5.57 Å². The Hall–Kier alpha value is -1.94. The fourth-order valence-corrected chi connectivity index (χ4v) is 2.58. The van der Waals surface area contributed by atoms with Gasteiger partial charge in [-0.25, -0.2) is 0 Å². The van der Waals surface area contributed by atoms with Crippen LogP contribution in [0.3, 0.4) is 0 Å². The summed E-state index contributed by atoms with van der Waals surface area (Å²) in [4.78, 5) is 8.62. The number of nitrogens with one attached hydrogen (secondary N) is 1. The molecule has 3 rings (SSSR count). The van der Waals surface area contributed by atoms with Gasteiger partial charge in [0.15, 0.2) is 0 Å². The Kier molecular flexibility index (Phi) is 3.19. The van der Waals surface area contributed by atoms with Crippen LogP contribution in [0, 0.1) is 0 Å². The molecule has 0 aromatic carbocycles. The van der Waals surface area contributed by atoms with Crippen molar-refractivity contribution < 1.29 is 0 Å². The van der Waals surface area contributed by atoms with Crippen LogP contribution in [-0.2, 0) is 0 Å². The Morgan fingerprint density at radius 3 is 3.00 bits per heavy atom. The Morgan fingerprint density at radius 2 is 2.33 bits per heavy atom. The van der Waals surface area contributed by atoms with Gasteiger partial charge in [-0.3, -0.25) is 9.98 Å². The maximum atomic E-state index is 4.42. The largest absolute Gasteiger partial charge is 0.369 e. The Balaban J connectivity index is 2.04. The maximum absolute atomic E-state index is 4.42. The molecule has 2 aromatic rings. The second-order valence-electron chi connectivity index (χ2n) is 4.01. The summed E-state index contributed by atoms with van der Waals surface area (Å²) < 4.78 is 0. The van der Waals surface area contributed by atoms with Crippen LogP contribution < -0.4 is 5.32 Å². The summed E-state index contributed by atoms with van der Waals surface area (Å²) in [6.07, 6.45) is 5.78. The third kappa shape index (κ3) is 2.33. The van der Waals surface area contributed by atoms with Gasteiger partial charge in [0.2, 0.25) is 0 Å². The highest BCUT2D eigenvalue weighted by molar-refractivity contribution is 7.08. The zero-order valence-corrected chi connectivity index (χ0v) is 10.7. The molecule has 0 saturated heterocycles. The fourth-order valence-electron chi connectivity index (χ4n) is 1.92. The Bertz CT molecular complexity index is 570. The van der Waals surface area contributed by atoms with Crippen molar-refractivity contribution >= 4 is 22.7 Å². The molecular formula is C14H13N3S. The first-order valence-electron chi connectivity index (χ1n) is 5.86. The molecule has 90 valence electrons. The summed E-state index contributed by atoms with van der Waals surface area (Å²) >= 11 is 1.70. The van der Waals surface area contributed by atoms with Crippen molar-refractivity contribution in [2.45, 2.75) is 0 Å². The molecule has 0 spiro atoms. The van der Waals surface area contributed by atoms with Gasteiger partial charge in [0.05, 0.1) is 6.54 Å². The Labute approximate surface area is 110 Å². The molecule has 0 amide bonds. The SMILES string of the molecule is C(=C(c1cccnc1)c1ccsc1)C1=NCCN1. The number of hydrogen-bond acceptors (Lipinski definition) is 4. The molecule has 0 unspecified atom stereocenters. The predicted octanol–water partition coefficient (Wildman–Crippen LogP) is 2.58. The van der Waals surface area contributed by atoms with Gasteiger partial charge >= 0.3 is 0 Å². The lowest BCUT2D eigenvalue weighted by Gasteiger charge is -2.06. The van der Waals surface area contributed by atoms with Crippen molar-refractivity contribution in [1.82, 2.24) is 10.3 Å². The standard InChI is InChI=1S/C14H13N3S/c1-2-11(9-15-4-1)13(12-3-7-18-10-12)8-14-16-5-6-17-14/h1-4,7-10H,5-6H2,(H,16,17). The van der Waals surface area contributed by atoms with E-state index >= 15 is 0 Å². The number of pyridine rings is 1. The van der Waals surface area contributed by atoms with E-state index in [0.717, 1.165) is 30.1 Å². The van der Waals surface area contributed by atoms with Crippen molar-refractivity contribution in [3.8, 4) is 0 Å². The fraction of sp³-hybridized carbons (Fsp3) is 0.143. The first-order chi connectivity index (χ1) is 8.93. The summed E-state index contributed by atoms with van der Waals surface area (Å²) in [6, 6.07) is 6.16. The third-order valence-electron chi connectivity index (χ3n) is 2.79. The quantitative estimate of drug-likeness (QED) is 0.915. The highest BCUT2D eigenvalue weighted by atomic mass is 32.1. The monoisotopic (exact) mass is 255 g/mol. The van der Waals surface area contributed by atoms with E-state index in [1.165, 1.54) is 5.56 Å². The Morgan fingerprint density at radius 1 is 1.33 bits per heavy atom. The van der Waals surface area contributed by atoms with Crippen molar-refractivity contribution in [3.63, 3.8) is 0 Å². The van der Waals surface area contributed by atoms with Crippen molar-refractivity contribution in [2.75, 3.05) is 13.1 Å². The van der Waals surface area contributed by atoms with E-state index in [4.69, 9.17) is 0 Å². The number of nitrogens with zero attached hydrogens (tertiary/aromatic N) is 2. The average molecular weight is 255 g/mol. The maximum Gasteiger partial charge on any atom is 0.121 e. The van der Waals surface area contributed by atoms with Gasteiger partial charge in [-0.1, -0.05) is 6.07 Å². The molecule has 3 nitrogen and oxygen atoms in total. The molecule has 0 bridgehead atoms. The predicted molar refractivity (Wildman–Crippen MR) is 75.9 cm³/mol. The van der Waals surface area contributed by atoms with Crippen LogP contribution in [0.15, 0.2) is 52.4 Å². The van der Waals surface area contributed by atoms with Gasteiger partial charge < -0.3 is 5.32 Å². The molecule has 0 radical (unpaired) electrons. The number of thiophene rings is 1. The lowest BCUT2D eigenvalue weighted by atomic mass is 10.0. The zero-order chi connectivity index (χ0) is 12.2. The molecular weight excluding hydrogens is 242 g/mol. The molecule has 0 fully saturated rings. The molecule has 1 N–H and O–H groups in total. The lowest BCUT2D eigenvalue weighted by molar-refractivity contribution is 0.961. The minimum absolute atomic E-state index is 0.857. The lowest BCUT2D eigenvalue weighted by Crippen LogP contribution is -2.16. The molecule has 3 heterocycles. The highest BCUT2D eigenvalue weighted by Gasteiger charge is 2.09. The van der Waals surface area contributed by atoms with E-state index in [-0.39, 0.29) is 0 Å². The number of hydrogen-bond donors (Lipinski definition) is 1. The van der Waals surface area contributed by atoms with Gasteiger partial charge in [0.25, 0.3) is 0 Å². The molecule has 0 aliphatic carbocycles. The molecule has 2 aromatic heterocycles. The second-order valence-corrected chi connectivity index (χ2v) is 4.79. The van der Waals surface area contributed by atoms with Crippen LogP contribution in [0.4, 0.5) is 0 Å². The van der Waals surface area contributed by atoms with Crippen LogP contribution >= 0.6 is 11.3 Å². The van der Waals surface area contributed by atoms with Gasteiger partial charge in [-0.2, -0.15) is 11.3 Å². The number of rotatable bonds is 3. The molecule has 1 aliphatic rings. The summed E-state index contributed by atoms with van der Waals surface area (Å²) in [5.41, 5.74) is 3.49. The molecule has 18 heavy (non-hydrogen) atoms. The summed E-state index contributed by atoms with van der Waals surface area (Å²) in [6.45, 7) is 1.78. The molecule has 0 saturated carbocycles. The van der Waals surface area contributed by atoms with E-state index in [0.29, 0.717) is 0 Å². The average Bonchev–Trinajstić information content (AvgIpc) is 3.10. The number of aliphatic imine (C=N–C) groups is 1. The first-order valence-corrected chi connectivity index (χ1v) is 6.81. The second kappa shape index (κ2) is 5.14. The van der Waals surface area contributed by atoms with E-state index in [1.807, 2.05) is 12.3 Å². The van der Waals surface area contributed by atoms with Crippen LogP contribution in [-0.4, -0.2) is 23.9 Å². The van der Waals surface area contributed by atoms with Crippen LogP contribution in [0.2, 0.25) is 0 Å². The van der Waals surface area contributed by atoms with E-state index < -0.39 is 0 Å². The molecule has 1 aliphatic heterocycles. The zero-order valence-electron chi connectivity index (χ0n) is 9.84. The smallest absolute Gasteiger partial charge is 0.121 e. The summed E-state index contributed by atoms with van der Waals surface area (Å²) in [7, 11) is 0. The van der Waals surface area contributed by atoms with Crippen LogP contribution in [0.5, 0.6) is 0 Å². The van der Waals surface area contributed by atoms with Crippen molar-refractivity contribution in [2.24, 2.45) is 4.99 Å². The van der Waals surface area contributed by atoms with Gasteiger partial charge in [0, 0.05) is 24.5 Å². The molecule has 0 atom stereocenters. The topological polar surface area (TPSA) is 37.3 Å². The number of aromatic nitrogens is 1. The van der Waals surface area contributed by atoms with E-state index in [1.54, 1.807) is 17.5 Å². The highest BCUT2D eigenvalue weighted by Crippen LogP contribution is 2.24.